The molecule has 0 unspecified atom stereocenters. The van der Waals surface area contributed by atoms with E-state index in [1.54, 1.807) is 11.3 Å². The molecule has 2 nitrogen and oxygen atoms in total. The molecular formula is C12H13ClN2S. The Labute approximate surface area is 103 Å². The van der Waals surface area contributed by atoms with Gasteiger partial charge in [0.15, 0.2) is 0 Å². The van der Waals surface area contributed by atoms with Crippen molar-refractivity contribution in [2.45, 2.75) is 31.2 Å². The molecule has 84 valence electrons. The van der Waals surface area contributed by atoms with Gasteiger partial charge in [0.05, 0.1) is 20.2 Å². The number of benzene rings is 1. The molecule has 0 saturated heterocycles. The number of fused-ring (bicyclic) bond motifs is 1. The van der Waals surface area contributed by atoms with Crippen LogP contribution < -0.4 is 5.73 Å². The zero-order valence-electron chi connectivity index (χ0n) is 8.87. The number of halogens is 1. The van der Waals surface area contributed by atoms with Crippen LogP contribution in [0.2, 0.25) is 5.02 Å². The second-order valence-corrected chi connectivity index (χ2v) is 6.08. The standard InChI is InChI=1S/C12H13ClN2S/c13-8-3-1-4-9-11(8)16-10(15-9)7-12(14)5-2-6-12/h1,3-4H,2,5-7,14H2. The average molecular weight is 253 g/mol. The summed E-state index contributed by atoms with van der Waals surface area (Å²) < 4.78 is 1.09. The minimum absolute atomic E-state index is 0.000350. The fourth-order valence-electron chi connectivity index (χ4n) is 2.15. The lowest BCUT2D eigenvalue weighted by Gasteiger charge is -2.37. The van der Waals surface area contributed by atoms with E-state index in [9.17, 15) is 0 Å². The van der Waals surface area contributed by atoms with Crippen LogP contribution in [0.25, 0.3) is 10.2 Å². The van der Waals surface area contributed by atoms with Crippen molar-refractivity contribution in [3.05, 3.63) is 28.2 Å². The monoisotopic (exact) mass is 252 g/mol. The molecule has 1 aromatic carbocycles. The van der Waals surface area contributed by atoms with E-state index in [0.717, 1.165) is 39.5 Å². The zero-order chi connectivity index (χ0) is 11.2. The van der Waals surface area contributed by atoms with Crippen LogP contribution in [0.1, 0.15) is 24.3 Å². The Morgan fingerprint density at radius 1 is 1.44 bits per heavy atom. The maximum Gasteiger partial charge on any atom is 0.0957 e. The predicted molar refractivity (Wildman–Crippen MR) is 69.1 cm³/mol. The lowest BCUT2D eigenvalue weighted by molar-refractivity contribution is 0.247. The number of hydrogen-bond donors (Lipinski definition) is 1. The summed E-state index contributed by atoms with van der Waals surface area (Å²) in [6, 6.07) is 5.86. The molecule has 1 aliphatic rings. The zero-order valence-corrected chi connectivity index (χ0v) is 10.4. The normalized spacial score (nSPS) is 18.6. The Morgan fingerprint density at radius 3 is 2.88 bits per heavy atom. The highest BCUT2D eigenvalue weighted by Crippen LogP contribution is 2.36. The number of nitrogens with zero attached hydrogens (tertiary/aromatic N) is 1. The number of aromatic nitrogens is 1. The Kier molecular flexibility index (Phi) is 2.42. The van der Waals surface area contributed by atoms with Crippen LogP contribution >= 0.6 is 22.9 Å². The van der Waals surface area contributed by atoms with E-state index in [4.69, 9.17) is 17.3 Å². The van der Waals surface area contributed by atoms with Crippen LogP contribution in [-0.2, 0) is 6.42 Å². The number of thiazole rings is 1. The van der Waals surface area contributed by atoms with E-state index < -0.39 is 0 Å². The maximum absolute atomic E-state index is 6.23. The Morgan fingerprint density at radius 2 is 2.25 bits per heavy atom. The van der Waals surface area contributed by atoms with Crippen molar-refractivity contribution in [3.63, 3.8) is 0 Å². The fourth-order valence-corrected chi connectivity index (χ4v) is 3.55. The van der Waals surface area contributed by atoms with E-state index in [-0.39, 0.29) is 5.54 Å². The fraction of sp³-hybridized carbons (Fsp3) is 0.417. The Balaban J connectivity index is 1.96. The third kappa shape index (κ3) is 1.73. The van der Waals surface area contributed by atoms with Crippen molar-refractivity contribution in [1.82, 2.24) is 4.98 Å². The molecule has 0 atom stereocenters. The van der Waals surface area contributed by atoms with Gasteiger partial charge >= 0.3 is 0 Å². The quantitative estimate of drug-likeness (QED) is 0.890. The van der Waals surface area contributed by atoms with Gasteiger partial charge in [-0.15, -0.1) is 11.3 Å². The van der Waals surface area contributed by atoms with Gasteiger partial charge in [-0.25, -0.2) is 4.98 Å². The van der Waals surface area contributed by atoms with Gasteiger partial charge in [-0.1, -0.05) is 17.7 Å². The molecule has 2 N–H and O–H groups in total. The van der Waals surface area contributed by atoms with Crippen molar-refractivity contribution >= 4 is 33.2 Å². The molecule has 4 heteroatoms. The summed E-state index contributed by atoms with van der Waals surface area (Å²) in [4.78, 5) is 4.59. The molecule has 2 aromatic rings. The average Bonchev–Trinajstić information content (AvgIpc) is 2.59. The van der Waals surface area contributed by atoms with E-state index in [1.807, 2.05) is 18.2 Å². The van der Waals surface area contributed by atoms with Gasteiger partial charge in [0.25, 0.3) is 0 Å². The minimum atomic E-state index is 0.000350. The first-order chi connectivity index (χ1) is 7.66. The van der Waals surface area contributed by atoms with E-state index >= 15 is 0 Å². The molecular weight excluding hydrogens is 240 g/mol. The van der Waals surface area contributed by atoms with Crippen LogP contribution in [0, 0.1) is 0 Å². The first-order valence-corrected chi connectivity index (χ1v) is 6.69. The van der Waals surface area contributed by atoms with Gasteiger partial charge < -0.3 is 5.73 Å². The molecule has 1 fully saturated rings. The molecule has 1 aliphatic carbocycles. The molecule has 0 radical (unpaired) electrons. The molecule has 1 aromatic heterocycles. The highest BCUT2D eigenvalue weighted by Gasteiger charge is 2.33. The largest absolute Gasteiger partial charge is 0.325 e. The molecule has 16 heavy (non-hydrogen) atoms. The number of nitrogens with two attached hydrogens (primary N) is 1. The van der Waals surface area contributed by atoms with Crippen molar-refractivity contribution in [2.75, 3.05) is 0 Å². The summed E-state index contributed by atoms with van der Waals surface area (Å²) in [5.74, 6) is 0. The summed E-state index contributed by atoms with van der Waals surface area (Å²) >= 11 is 7.81. The molecule has 1 heterocycles. The molecule has 0 aliphatic heterocycles. The Bertz CT molecular complexity index is 531. The topological polar surface area (TPSA) is 38.9 Å². The van der Waals surface area contributed by atoms with Crippen molar-refractivity contribution < 1.29 is 0 Å². The lowest BCUT2D eigenvalue weighted by atomic mass is 9.75. The minimum Gasteiger partial charge on any atom is -0.325 e. The van der Waals surface area contributed by atoms with Crippen LogP contribution in [0.3, 0.4) is 0 Å². The van der Waals surface area contributed by atoms with Crippen LogP contribution in [-0.4, -0.2) is 10.5 Å². The molecule has 3 rings (SSSR count). The van der Waals surface area contributed by atoms with Crippen molar-refractivity contribution in [3.8, 4) is 0 Å². The van der Waals surface area contributed by atoms with Gasteiger partial charge in [-0.3, -0.25) is 0 Å². The van der Waals surface area contributed by atoms with Gasteiger partial charge in [0, 0.05) is 12.0 Å². The van der Waals surface area contributed by atoms with Gasteiger partial charge in [0.2, 0.25) is 0 Å². The summed E-state index contributed by atoms with van der Waals surface area (Å²) in [6.07, 6.45) is 4.39. The van der Waals surface area contributed by atoms with Crippen molar-refractivity contribution in [1.29, 1.82) is 0 Å². The van der Waals surface area contributed by atoms with Gasteiger partial charge in [-0.05, 0) is 31.4 Å². The molecule has 0 bridgehead atoms. The maximum atomic E-state index is 6.23. The van der Waals surface area contributed by atoms with Crippen molar-refractivity contribution in [2.24, 2.45) is 5.73 Å². The first kappa shape index (κ1) is 10.5. The second kappa shape index (κ2) is 3.69. The van der Waals surface area contributed by atoms with E-state index in [2.05, 4.69) is 4.98 Å². The van der Waals surface area contributed by atoms with Gasteiger partial charge in [0.1, 0.15) is 0 Å². The molecule has 1 saturated carbocycles. The smallest absolute Gasteiger partial charge is 0.0957 e. The highest BCUT2D eigenvalue weighted by molar-refractivity contribution is 7.19. The third-order valence-electron chi connectivity index (χ3n) is 3.26. The number of hydrogen-bond acceptors (Lipinski definition) is 3. The van der Waals surface area contributed by atoms with Gasteiger partial charge in [-0.2, -0.15) is 0 Å². The Hall–Kier alpha value is -0.640. The SMILES string of the molecule is NC1(Cc2nc3cccc(Cl)c3s2)CCC1. The third-order valence-corrected chi connectivity index (χ3v) is 4.80. The van der Waals surface area contributed by atoms with E-state index in [0.29, 0.717) is 0 Å². The van der Waals surface area contributed by atoms with Crippen LogP contribution in [0.5, 0.6) is 0 Å². The highest BCUT2D eigenvalue weighted by atomic mass is 35.5. The summed E-state index contributed by atoms with van der Waals surface area (Å²) in [5, 5.41) is 1.91. The summed E-state index contributed by atoms with van der Waals surface area (Å²) in [7, 11) is 0. The summed E-state index contributed by atoms with van der Waals surface area (Å²) in [5.41, 5.74) is 7.22. The predicted octanol–water partition coefficient (Wildman–Crippen LogP) is 3.37. The first-order valence-electron chi connectivity index (χ1n) is 5.49. The number of rotatable bonds is 2. The molecule has 0 amide bonds. The summed E-state index contributed by atoms with van der Waals surface area (Å²) in [6.45, 7) is 0. The van der Waals surface area contributed by atoms with Crippen LogP contribution in [0.4, 0.5) is 0 Å². The lowest BCUT2D eigenvalue weighted by Crippen LogP contribution is -2.48. The second-order valence-electron chi connectivity index (χ2n) is 4.59. The molecule has 0 spiro atoms. The van der Waals surface area contributed by atoms with Crippen LogP contribution in [0.15, 0.2) is 18.2 Å². The van der Waals surface area contributed by atoms with E-state index in [1.165, 1.54) is 6.42 Å².